The Morgan fingerprint density at radius 1 is 1.00 bits per heavy atom. The second kappa shape index (κ2) is 8.49. The van der Waals surface area contributed by atoms with Gasteiger partial charge in [-0.15, -0.1) is 0 Å². The van der Waals surface area contributed by atoms with Crippen molar-refractivity contribution in [2.24, 2.45) is 0 Å². The number of benzene rings is 2. The molecule has 0 bridgehead atoms. The van der Waals surface area contributed by atoms with E-state index in [0.29, 0.717) is 0 Å². The first-order valence-electron chi connectivity index (χ1n) is 8.63. The maximum Gasteiger partial charge on any atom is 0.253 e. The monoisotopic (exact) mass is 336 g/mol. The van der Waals surface area contributed by atoms with Crippen molar-refractivity contribution in [2.75, 3.05) is 39.8 Å². The van der Waals surface area contributed by atoms with Gasteiger partial charge in [0.05, 0.1) is 7.11 Å². The van der Waals surface area contributed by atoms with Gasteiger partial charge in [-0.05, 0) is 29.8 Å². The Bertz CT molecular complexity index is 702. The van der Waals surface area contributed by atoms with Gasteiger partial charge >= 0.3 is 0 Å². The zero-order valence-electron chi connectivity index (χ0n) is 14.6. The van der Waals surface area contributed by atoms with Gasteiger partial charge in [-0.2, -0.15) is 0 Å². The van der Waals surface area contributed by atoms with Gasteiger partial charge in [0.1, 0.15) is 5.75 Å². The highest BCUT2D eigenvalue weighted by Gasteiger charge is 2.21. The Morgan fingerprint density at radius 2 is 1.68 bits per heavy atom. The molecule has 0 aliphatic carbocycles. The Labute approximate surface area is 149 Å². The van der Waals surface area contributed by atoms with Crippen molar-refractivity contribution in [1.29, 1.82) is 0 Å². The number of methoxy groups -OCH3 is 1. The maximum atomic E-state index is 12.6. The third-order valence-electron chi connectivity index (χ3n) is 4.47. The maximum absolute atomic E-state index is 12.6. The van der Waals surface area contributed by atoms with Crippen molar-refractivity contribution in [2.45, 2.75) is 0 Å². The summed E-state index contributed by atoms with van der Waals surface area (Å²) in [6.07, 6.45) is 4.34. The van der Waals surface area contributed by atoms with Crippen LogP contribution in [0.5, 0.6) is 5.75 Å². The molecule has 0 atom stereocenters. The van der Waals surface area contributed by atoms with Crippen LogP contribution in [0.1, 0.15) is 15.9 Å². The van der Waals surface area contributed by atoms with Crippen molar-refractivity contribution >= 4 is 12.0 Å². The molecule has 1 aliphatic rings. The van der Waals surface area contributed by atoms with Crippen LogP contribution in [-0.2, 0) is 0 Å². The van der Waals surface area contributed by atoms with Crippen LogP contribution in [0.2, 0.25) is 0 Å². The fraction of sp³-hybridized carbons (Fsp3) is 0.286. The molecule has 3 rings (SSSR count). The van der Waals surface area contributed by atoms with E-state index in [2.05, 4.69) is 29.2 Å². The second-order valence-corrected chi connectivity index (χ2v) is 6.13. The summed E-state index contributed by atoms with van der Waals surface area (Å²) in [6.45, 7) is 4.26. The molecule has 0 N–H and O–H groups in total. The summed E-state index contributed by atoms with van der Waals surface area (Å²) < 4.78 is 5.14. The highest BCUT2D eigenvalue weighted by molar-refractivity contribution is 5.94. The minimum absolute atomic E-state index is 0.0992. The van der Waals surface area contributed by atoms with Crippen molar-refractivity contribution < 1.29 is 9.53 Å². The van der Waals surface area contributed by atoms with Gasteiger partial charge in [0.15, 0.2) is 0 Å². The first-order valence-corrected chi connectivity index (χ1v) is 8.63. The Hall–Kier alpha value is -2.59. The number of amides is 1. The standard InChI is InChI=1S/C21H24N2O2/c1-25-20-11-9-19(10-12-20)21(24)23-16-14-22(15-17-23)13-5-8-18-6-3-2-4-7-18/h2-12H,13-17H2,1H3/b8-5-. The molecule has 0 aromatic heterocycles. The first-order chi connectivity index (χ1) is 12.3. The summed E-state index contributed by atoms with van der Waals surface area (Å²) in [4.78, 5) is 16.9. The van der Waals surface area contributed by atoms with Crippen LogP contribution in [-0.4, -0.2) is 55.5 Å². The molecule has 0 saturated carbocycles. The van der Waals surface area contributed by atoms with Crippen LogP contribution in [0.3, 0.4) is 0 Å². The van der Waals surface area contributed by atoms with Crippen LogP contribution in [0.25, 0.3) is 6.08 Å². The van der Waals surface area contributed by atoms with E-state index in [1.807, 2.05) is 47.4 Å². The zero-order chi connectivity index (χ0) is 17.5. The zero-order valence-corrected chi connectivity index (χ0v) is 14.6. The fourth-order valence-corrected chi connectivity index (χ4v) is 2.95. The molecule has 1 aliphatic heterocycles. The van der Waals surface area contributed by atoms with E-state index in [1.54, 1.807) is 7.11 Å². The van der Waals surface area contributed by atoms with Crippen molar-refractivity contribution in [1.82, 2.24) is 9.80 Å². The van der Waals surface area contributed by atoms with E-state index in [-0.39, 0.29) is 5.91 Å². The largest absolute Gasteiger partial charge is 0.497 e. The topological polar surface area (TPSA) is 32.8 Å². The van der Waals surface area contributed by atoms with Crippen molar-refractivity contribution in [3.05, 3.63) is 71.8 Å². The SMILES string of the molecule is COc1ccc(C(=O)N2CCN(C/C=C\c3ccccc3)CC2)cc1. The molecule has 1 heterocycles. The third-order valence-corrected chi connectivity index (χ3v) is 4.47. The number of carbonyl (C=O) groups is 1. The lowest BCUT2D eigenvalue weighted by Crippen LogP contribution is -2.48. The molecule has 1 fully saturated rings. The molecule has 0 unspecified atom stereocenters. The number of piperazine rings is 1. The molecule has 25 heavy (non-hydrogen) atoms. The normalized spacial score (nSPS) is 15.5. The number of hydrogen-bond acceptors (Lipinski definition) is 3. The molecule has 1 amide bonds. The number of carbonyl (C=O) groups excluding carboxylic acids is 1. The minimum Gasteiger partial charge on any atom is -0.497 e. The summed E-state index contributed by atoms with van der Waals surface area (Å²) in [5, 5.41) is 0. The van der Waals surface area contributed by atoms with E-state index >= 15 is 0 Å². The molecule has 4 nitrogen and oxygen atoms in total. The van der Waals surface area contributed by atoms with E-state index in [9.17, 15) is 4.79 Å². The highest BCUT2D eigenvalue weighted by atomic mass is 16.5. The Kier molecular flexibility index (Phi) is 5.86. The van der Waals surface area contributed by atoms with Gasteiger partial charge in [-0.3, -0.25) is 9.69 Å². The molecule has 1 saturated heterocycles. The Balaban J connectivity index is 1.47. The molecule has 130 valence electrons. The van der Waals surface area contributed by atoms with Gasteiger partial charge < -0.3 is 9.64 Å². The number of rotatable bonds is 5. The summed E-state index contributed by atoms with van der Waals surface area (Å²) in [5.74, 6) is 0.869. The van der Waals surface area contributed by atoms with Crippen LogP contribution in [0.4, 0.5) is 0 Å². The number of nitrogens with zero attached hydrogens (tertiary/aromatic N) is 2. The predicted octanol–water partition coefficient (Wildman–Crippen LogP) is 3.17. The molecule has 2 aromatic rings. The lowest BCUT2D eigenvalue weighted by Gasteiger charge is -2.34. The molecule has 4 heteroatoms. The van der Waals surface area contributed by atoms with Gasteiger partial charge in [-0.1, -0.05) is 42.5 Å². The second-order valence-electron chi connectivity index (χ2n) is 6.13. The van der Waals surface area contributed by atoms with Crippen molar-refractivity contribution in [3.8, 4) is 5.75 Å². The molecular formula is C21H24N2O2. The summed E-state index contributed by atoms with van der Waals surface area (Å²) in [7, 11) is 1.63. The van der Waals surface area contributed by atoms with Crippen LogP contribution in [0, 0.1) is 0 Å². The summed E-state index contributed by atoms with van der Waals surface area (Å²) in [5.41, 5.74) is 1.94. The van der Waals surface area contributed by atoms with E-state index in [0.717, 1.165) is 44.0 Å². The average molecular weight is 336 g/mol. The van der Waals surface area contributed by atoms with E-state index in [1.165, 1.54) is 5.56 Å². The fourth-order valence-electron chi connectivity index (χ4n) is 2.95. The summed E-state index contributed by atoms with van der Waals surface area (Å²) >= 11 is 0. The van der Waals surface area contributed by atoms with Crippen LogP contribution in [0.15, 0.2) is 60.7 Å². The predicted molar refractivity (Wildman–Crippen MR) is 101 cm³/mol. The quantitative estimate of drug-likeness (QED) is 0.841. The molecule has 2 aromatic carbocycles. The van der Waals surface area contributed by atoms with Crippen molar-refractivity contribution in [3.63, 3.8) is 0 Å². The first kappa shape index (κ1) is 17.2. The van der Waals surface area contributed by atoms with Gasteiger partial charge in [-0.25, -0.2) is 0 Å². The van der Waals surface area contributed by atoms with Gasteiger partial charge in [0, 0.05) is 38.3 Å². The Morgan fingerprint density at radius 3 is 2.32 bits per heavy atom. The third kappa shape index (κ3) is 4.70. The average Bonchev–Trinajstić information content (AvgIpc) is 2.69. The molecule has 0 radical (unpaired) electrons. The number of hydrogen-bond donors (Lipinski definition) is 0. The smallest absolute Gasteiger partial charge is 0.253 e. The van der Waals surface area contributed by atoms with Crippen LogP contribution >= 0.6 is 0 Å². The van der Waals surface area contributed by atoms with E-state index in [4.69, 9.17) is 4.74 Å². The van der Waals surface area contributed by atoms with Gasteiger partial charge in [0.25, 0.3) is 5.91 Å². The number of ether oxygens (including phenoxy) is 1. The molecule has 0 spiro atoms. The summed E-state index contributed by atoms with van der Waals surface area (Å²) in [6, 6.07) is 17.6. The van der Waals surface area contributed by atoms with E-state index < -0.39 is 0 Å². The molecular weight excluding hydrogens is 312 g/mol. The minimum atomic E-state index is 0.0992. The lowest BCUT2D eigenvalue weighted by molar-refractivity contribution is 0.0650. The highest BCUT2D eigenvalue weighted by Crippen LogP contribution is 2.14. The van der Waals surface area contributed by atoms with Crippen LogP contribution < -0.4 is 4.74 Å². The van der Waals surface area contributed by atoms with Gasteiger partial charge in [0.2, 0.25) is 0 Å². The lowest BCUT2D eigenvalue weighted by atomic mass is 10.1.